The highest BCUT2D eigenvalue weighted by atomic mass is 14.7. The summed E-state index contributed by atoms with van der Waals surface area (Å²) in [4.78, 5) is 11.1. The van der Waals surface area contributed by atoms with Crippen molar-refractivity contribution in [2.45, 2.75) is 10.8 Å². The fourth-order valence-corrected chi connectivity index (χ4v) is 13.1. The van der Waals surface area contributed by atoms with Crippen LogP contribution in [0.5, 0.6) is 0 Å². The summed E-state index contributed by atoms with van der Waals surface area (Å²) in [5.74, 6) is 0. The lowest BCUT2D eigenvalue weighted by Gasteiger charge is -2.49. The maximum atomic E-state index is 5.55. The molecule has 12 aromatic rings. The van der Waals surface area contributed by atoms with Gasteiger partial charge in [0, 0.05) is 22.3 Å². The Kier molecular flexibility index (Phi) is 9.43. The number of fused-ring (bicyclic) bond motifs is 16. The van der Waals surface area contributed by atoms with Gasteiger partial charge in [-0.3, -0.25) is 0 Å². The Labute approximate surface area is 431 Å². The second-order valence-electron chi connectivity index (χ2n) is 19.9. The quantitative estimate of drug-likeness (QED) is 0.166. The summed E-state index contributed by atoms with van der Waals surface area (Å²) in [7, 11) is 0. The Morgan fingerprint density at radius 2 is 0.446 bits per heavy atom. The lowest BCUT2D eigenvalue weighted by molar-refractivity contribution is 0.633. The fourth-order valence-electron chi connectivity index (χ4n) is 13.1. The summed E-state index contributed by atoms with van der Waals surface area (Å²) in [6.07, 6.45) is 0. The zero-order chi connectivity index (χ0) is 48.8. The first-order chi connectivity index (χ1) is 36.7. The van der Waals surface area contributed by atoms with Crippen molar-refractivity contribution in [3.8, 4) is 89.5 Å². The first kappa shape index (κ1) is 42.2. The molecule has 0 aliphatic heterocycles. The fraction of sp³-hybridized carbons (Fsp3) is 0.0278. The molecule has 2 heteroatoms. The normalized spacial score (nSPS) is 13.6. The maximum absolute atomic E-state index is 5.55. The van der Waals surface area contributed by atoms with Gasteiger partial charge in [-0.05, 0) is 125 Å². The smallest absolute Gasteiger partial charge is 0.0720 e. The molecule has 0 atom stereocenters. The van der Waals surface area contributed by atoms with Gasteiger partial charge in [0.1, 0.15) is 0 Å². The van der Waals surface area contributed by atoms with Gasteiger partial charge in [0.05, 0.1) is 33.6 Å². The minimum absolute atomic E-state index is 0.696. The van der Waals surface area contributed by atoms with Gasteiger partial charge in [0.15, 0.2) is 0 Å². The number of benzene rings is 10. The molecule has 3 aliphatic carbocycles. The van der Waals surface area contributed by atoms with E-state index in [1.54, 1.807) is 0 Å². The zero-order valence-electron chi connectivity index (χ0n) is 40.5. The first-order valence-electron chi connectivity index (χ1n) is 25.6. The van der Waals surface area contributed by atoms with Gasteiger partial charge in [-0.1, -0.05) is 243 Å². The predicted molar refractivity (Wildman–Crippen MR) is 303 cm³/mol. The van der Waals surface area contributed by atoms with Crippen LogP contribution in [-0.4, -0.2) is 9.97 Å². The number of pyridine rings is 2. The Bertz CT molecular complexity index is 3700. The van der Waals surface area contributed by atoms with E-state index in [4.69, 9.17) is 9.97 Å². The van der Waals surface area contributed by atoms with Gasteiger partial charge in [-0.25, -0.2) is 9.97 Å². The van der Waals surface area contributed by atoms with Crippen LogP contribution in [0.4, 0.5) is 0 Å². The Balaban J connectivity index is 1.07. The number of rotatable bonds is 6. The molecule has 0 unspecified atom stereocenters. The Morgan fingerprint density at radius 3 is 0.770 bits per heavy atom. The van der Waals surface area contributed by atoms with Crippen molar-refractivity contribution in [2.24, 2.45) is 0 Å². The van der Waals surface area contributed by atoms with Crippen LogP contribution in [0, 0.1) is 0 Å². The van der Waals surface area contributed by atoms with Gasteiger partial charge in [-0.2, -0.15) is 0 Å². The molecule has 0 saturated carbocycles. The molecular weight excluding hydrogens is 893 g/mol. The van der Waals surface area contributed by atoms with Gasteiger partial charge in [0.2, 0.25) is 0 Å². The van der Waals surface area contributed by atoms with Crippen molar-refractivity contribution in [1.29, 1.82) is 0 Å². The van der Waals surface area contributed by atoms with E-state index in [1.807, 2.05) is 0 Å². The molecule has 2 heterocycles. The highest BCUT2D eigenvalue weighted by Crippen LogP contribution is 2.68. The number of hydrogen-bond donors (Lipinski definition) is 0. The topological polar surface area (TPSA) is 25.8 Å². The summed E-state index contributed by atoms with van der Waals surface area (Å²) < 4.78 is 0. The Hall–Kier alpha value is -9.50. The van der Waals surface area contributed by atoms with Crippen molar-refractivity contribution in [1.82, 2.24) is 9.97 Å². The highest BCUT2D eigenvalue weighted by Gasteiger charge is 2.59. The van der Waals surface area contributed by atoms with E-state index in [9.17, 15) is 0 Å². The van der Waals surface area contributed by atoms with Crippen LogP contribution in [0.1, 0.15) is 44.5 Å². The maximum Gasteiger partial charge on any atom is 0.0720 e. The van der Waals surface area contributed by atoms with Crippen LogP contribution >= 0.6 is 0 Å². The minimum Gasteiger partial charge on any atom is -0.248 e. The van der Waals surface area contributed by atoms with Crippen LogP contribution in [0.25, 0.3) is 89.5 Å². The summed E-state index contributed by atoms with van der Waals surface area (Å²) in [5.41, 5.74) is 26.5. The monoisotopic (exact) mass is 938 g/mol. The average molecular weight is 939 g/mol. The molecule has 0 saturated heterocycles. The SMILES string of the molecule is c1ccc(-c2cc(-c3ccccc3)nc(-c3ccc4c(c3)C3(c5ccccc5-c5ccccc53)c3ccc(-c5cc(-c6ccccc6)cc(-c6ccccc6)n5)cc3C43c4ccccc4-c4ccccc43)c2)cc1. The first-order valence-corrected chi connectivity index (χ1v) is 25.6. The molecule has 0 N–H and O–H groups in total. The van der Waals surface area contributed by atoms with Gasteiger partial charge in [-0.15, -0.1) is 0 Å². The van der Waals surface area contributed by atoms with E-state index in [0.717, 1.165) is 67.3 Å². The van der Waals surface area contributed by atoms with E-state index in [2.05, 4.69) is 279 Å². The largest absolute Gasteiger partial charge is 0.248 e. The van der Waals surface area contributed by atoms with Crippen LogP contribution in [-0.2, 0) is 10.8 Å². The van der Waals surface area contributed by atoms with Crippen molar-refractivity contribution in [3.63, 3.8) is 0 Å². The molecule has 3 aliphatic rings. The molecule has 344 valence electrons. The molecule has 74 heavy (non-hydrogen) atoms. The second-order valence-corrected chi connectivity index (χ2v) is 19.9. The van der Waals surface area contributed by atoms with Crippen molar-refractivity contribution in [2.75, 3.05) is 0 Å². The molecule has 0 bridgehead atoms. The molecule has 10 aromatic carbocycles. The molecule has 2 nitrogen and oxygen atoms in total. The number of aromatic nitrogens is 2. The summed E-state index contributed by atoms with van der Waals surface area (Å²) in [5, 5.41) is 0. The van der Waals surface area contributed by atoms with Crippen LogP contribution in [0.15, 0.2) is 279 Å². The minimum atomic E-state index is -0.696. The molecule has 0 fully saturated rings. The predicted octanol–water partition coefficient (Wildman–Crippen LogP) is 17.5. The van der Waals surface area contributed by atoms with Crippen LogP contribution < -0.4 is 0 Å². The van der Waals surface area contributed by atoms with Crippen LogP contribution in [0.3, 0.4) is 0 Å². The van der Waals surface area contributed by atoms with Crippen LogP contribution in [0.2, 0.25) is 0 Å². The van der Waals surface area contributed by atoms with Crippen molar-refractivity contribution < 1.29 is 0 Å². The lowest BCUT2D eigenvalue weighted by atomic mass is 9.52. The van der Waals surface area contributed by atoms with E-state index < -0.39 is 10.8 Å². The third kappa shape index (κ3) is 6.12. The molecule has 0 amide bonds. The molecule has 15 rings (SSSR count). The summed E-state index contributed by atoms with van der Waals surface area (Å²) in [6.45, 7) is 0. The molecule has 2 spiro atoms. The highest BCUT2D eigenvalue weighted by molar-refractivity contribution is 5.95. The van der Waals surface area contributed by atoms with Gasteiger partial charge >= 0.3 is 0 Å². The number of nitrogens with zero attached hydrogens (tertiary/aromatic N) is 2. The molecule has 0 radical (unpaired) electrons. The van der Waals surface area contributed by atoms with E-state index in [-0.39, 0.29) is 0 Å². The number of hydrogen-bond acceptors (Lipinski definition) is 2. The second kappa shape index (κ2) is 16.5. The van der Waals surface area contributed by atoms with Crippen molar-refractivity contribution in [3.05, 3.63) is 324 Å². The van der Waals surface area contributed by atoms with Gasteiger partial charge < -0.3 is 0 Å². The standard InChI is InChI=1S/C72H46N2/c1-5-21-47(22-6-1)53-43-67(49-25-9-3-10-26-49)73-69(45-53)51-37-39-63-65(41-51)71(59-33-17-13-29-55(59)56-30-14-18-34-60(56)71)64-40-38-52(42-66(64)72(63)61-35-19-15-31-57(61)58-32-16-20-36-62(58)72)70-46-54(48-23-7-2-8-24-48)44-68(74-70)50-27-11-4-12-28-50/h1-46H. The lowest BCUT2D eigenvalue weighted by Crippen LogP contribution is -2.44. The summed E-state index contributed by atoms with van der Waals surface area (Å²) >= 11 is 0. The zero-order valence-corrected chi connectivity index (χ0v) is 40.5. The molecular formula is C72H46N2. The van der Waals surface area contributed by atoms with Crippen molar-refractivity contribution >= 4 is 0 Å². The van der Waals surface area contributed by atoms with Gasteiger partial charge in [0.25, 0.3) is 0 Å². The molecule has 2 aromatic heterocycles. The van der Waals surface area contributed by atoms with E-state index in [0.29, 0.717) is 0 Å². The third-order valence-corrected chi connectivity index (χ3v) is 16.2. The summed E-state index contributed by atoms with van der Waals surface area (Å²) in [6, 6.07) is 103. The van der Waals surface area contributed by atoms with E-state index in [1.165, 1.54) is 66.8 Å². The Morgan fingerprint density at radius 1 is 0.176 bits per heavy atom. The third-order valence-electron chi connectivity index (χ3n) is 16.2. The van der Waals surface area contributed by atoms with E-state index >= 15 is 0 Å². The average Bonchev–Trinajstić information content (AvgIpc) is 3.97.